The van der Waals surface area contributed by atoms with Crippen molar-refractivity contribution in [3.05, 3.63) is 12.3 Å². The van der Waals surface area contributed by atoms with E-state index in [0.717, 1.165) is 0 Å². The average molecular weight is 111 g/mol. The second-order valence-electron chi connectivity index (χ2n) is 0.901. The number of alkyl halides is 3. The van der Waals surface area contributed by atoms with Crippen molar-refractivity contribution >= 4 is 0 Å². The molecule has 0 heterocycles. The highest BCUT2D eigenvalue weighted by molar-refractivity contribution is 4.83. The summed E-state index contributed by atoms with van der Waals surface area (Å²) in [5.74, 6) is 0. The molecule has 0 aliphatic heterocycles. The van der Waals surface area contributed by atoms with Crippen LogP contribution in [0.15, 0.2) is 12.3 Å². The summed E-state index contributed by atoms with van der Waals surface area (Å²) >= 11 is 0. The zero-order chi connectivity index (χ0) is 5.91. The highest BCUT2D eigenvalue weighted by Gasteiger charge is 2.21. The Kier molecular flexibility index (Phi) is 1.68. The van der Waals surface area contributed by atoms with Gasteiger partial charge in [-0.15, -0.1) is 0 Å². The molecule has 1 nitrogen and oxygen atoms in total. The molecule has 0 amide bonds. The molecule has 0 atom stereocenters. The molecular formula is C3H4F3N. The van der Waals surface area contributed by atoms with Crippen LogP contribution in [0.3, 0.4) is 0 Å². The molecule has 42 valence electrons. The minimum Gasteiger partial charge on any atom is -0.405 e. The van der Waals surface area contributed by atoms with Crippen LogP contribution < -0.4 is 5.73 Å². The summed E-state index contributed by atoms with van der Waals surface area (Å²) in [6.07, 6.45) is -3.83. The van der Waals surface area contributed by atoms with E-state index in [1.807, 2.05) is 0 Å². The standard InChI is InChI=1S/C3H4F3N/c4-3(5,6)1-2-7/h1-2H,7H2. The van der Waals surface area contributed by atoms with E-state index in [1.165, 1.54) is 0 Å². The van der Waals surface area contributed by atoms with E-state index in [4.69, 9.17) is 0 Å². The van der Waals surface area contributed by atoms with Crippen LogP contribution in [0.25, 0.3) is 0 Å². The van der Waals surface area contributed by atoms with Gasteiger partial charge in [0.2, 0.25) is 0 Å². The second kappa shape index (κ2) is 1.86. The van der Waals surface area contributed by atoms with Gasteiger partial charge in [-0.2, -0.15) is 13.2 Å². The number of allylic oxidation sites excluding steroid dienone is 1. The minimum absolute atomic E-state index is 0.0347. The smallest absolute Gasteiger partial charge is 0.405 e. The first-order valence-corrected chi connectivity index (χ1v) is 1.52. The van der Waals surface area contributed by atoms with Gasteiger partial charge in [0.05, 0.1) is 0 Å². The molecule has 0 aromatic rings. The number of halogens is 3. The van der Waals surface area contributed by atoms with E-state index in [0.29, 0.717) is 6.20 Å². The Labute approximate surface area is 38.6 Å². The Balaban J connectivity index is 3.56. The molecule has 0 rings (SSSR count). The molecule has 0 fully saturated rings. The first kappa shape index (κ1) is 6.33. The molecule has 0 aliphatic rings. The molecule has 4 heteroatoms. The van der Waals surface area contributed by atoms with E-state index in [-0.39, 0.29) is 6.08 Å². The lowest BCUT2D eigenvalue weighted by Gasteiger charge is -1.93. The minimum atomic E-state index is -4.26. The first-order valence-electron chi connectivity index (χ1n) is 1.52. The summed E-state index contributed by atoms with van der Waals surface area (Å²) in [4.78, 5) is 0. The SMILES string of the molecule is NC=CC(F)(F)F. The zero-order valence-corrected chi connectivity index (χ0v) is 3.37. The molecule has 0 spiro atoms. The van der Waals surface area contributed by atoms with E-state index < -0.39 is 6.18 Å². The van der Waals surface area contributed by atoms with Gasteiger partial charge < -0.3 is 5.73 Å². The molecule has 0 radical (unpaired) electrons. The van der Waals surface area contributed by atoms with Crippen molar-refractivity contribution in [3.8, 4) is 0 Å². The summed E-state index contributed by atoms with van der Waals surface area (Å²) in [5.41, 5.74) is 4.41. The van der Waals surface area contributed by atoms with Gasteiger partial charge in [0.15, 0.2) is 0 Å². The van der Waals surface area contributed by atoms with Gasteiger partial charge in [0, 0.05) is 6.08 Å². The Bertz CT molecular complexity index is 72.7. The van der Waals surface area contributed by atoms with Crippen molar-refractivity contribution in [2.24, 2.45) is 5.73 Å². The molecule has 0 aromatic heterocycles. The number of hydrogen-bond acceptors (Lipinski definition) is 1. The molecule has 0 unspecified atom stereocenters. The molecule has 0 aliphatic carbocycles. The van der Waals surface area contributed by atoms with Crippen molar-refractivity contribution in [2.45, 2.75) is 6.18 Å². The van der Waals surface area contributed by atoms with Crippen LogP contribution in [0, 0.1) is 0 Å². The van der Waals surface area contributed by atoms with Crippen LogP contribution in [0.5, 0.6) is 0 Å². The van der Waals surface area contributed by atoms with Crippen molar-refractivity contribution in [3.63, 3.8) is 0 Å². The second-order valence-corrected chi connectivity index (χ2v) is 0.901. The predicted molar refractivity (Wildman–Crippen MR) is 19.4 cm³/mol. The van der Waals surface area contributed by atoms with E-state index >= 15 is 0 Å². The highest BCUT2D eigenvalue weighted by Crippen LogP contribution is 2.14. The number of nitrogens with two attached hydrogens (primary N) is 1. The molecule has 0 saturated carbocycles. The fourth-order valence-electron chi connectivity index (χ4n) is 0.109. The van der Waals surface area contributed by atoms with Crippen molar-refractivity contribution < 1.29 is 13.2 Å². The van der Waals surface area contributed by atoms with Gasteiger partial charge in [-0.3, -0.25) is 0 Å². The van der Waals surface area contributed by atoms with Crippen LogP contribution in [-0.2, 0) is 0 Å². The monoisotopic (exact) mass is 111 g/mol. The lowest BCUT2D eigenvalue weighted by Crippen LogP contribution is -2.01. The summed E-state index contributed by atoms with van der Waals surface area (Å²) in [5, 5.41) is 0. The van der Waals surface area contributed by atoms with Gasteiger partial charge in [0.1, 0.15) is 0 Å². The normalized spacial score (nSPS) is 13.0. The number of hydrogen-bond donors (Lipinski definition) is 1. The van der Waals surface area contributed by atoms with Gasteiger partial charge in [-0.05, 0) is 6.20 Å². The third-order valence-electron chi connectivity index (χ3n) is 0.285. The van der Waals surface area contributed by atoms with Crippen molar-refractivity contribution in [1.29, 1.82) is 0 Å². The summed E-state index contributed by atoms with van der Waals surface area (Å²) in [7, 11) is 0. The number of rotatable bonds is 0. The topological polar surface area (TPSA) is 26.0 Å². The maximum Gasteiger partial charge on any atom is 0.411 e. The van der Waals surface area contributed by atoms with E-state index in [2.05, 4.69) is 5.73 Å². The molecule has 0 aromatic carbocycles. The largest absolute Gasteiger partial charge is 0.411 e. The van der Waals surface area contributed by atoms with Gasteiger partial charge in [0.25, 0.3) is 0 Å². The quantitative estimate of drug-likeness (QED) is 0.496. The van der Waals surface area contributed by atoms with Crippen molar-refractivity contribution in [1.82, 2.24) is 0 Å². The fourth-order valence-corrected chi connectivity index (χ4v) is 0.109. The third-order valence-corrected chi connectivity index (χ3v) is 0.285. The Morgan fingerprint density at radius 3 is 1.71 bits per heavy atom. The maximum atomic E-state index is 10.9. The fraction of sp³-hybridized carbons (Fsp3) is 0.333. The first-order chi connectivity index (χ1) is 3.06. The predicted octanol–water partition coefficient (Wildman–Crippen LogP) is 1.02. The van der Waals surface area contributed by atoms with Gasteiger partial charge in [-0.1, -0.05) is 0 Å². The van der Waals surface area contributed by atoms with Crippen LogP contribution in [0.2, 0.25) is 0 Å². The Hall–Kier alpha value is -0.670. The summed E-state index contributed by atoms with van der Waals surface area (Å²) in [6.45, 7) is 0. The van der Waals surface area contributed by atoms with E-state index in [1.54, 1.807) is 0 Å². The third kappa shape index (κ3) is 5.33. The highest BCUT2D eigenvalue weighted by atomic mass is 19.4. The molecule has 0 saturated heterocycles. The Morgan fingerprint density at radius 1 is 1.29 bits per heavy atom. The lowest BCUT2D eigenvalue weighted by molar-refractivity contribution is -0.0799. The van der Waals surface area contributed by atoms with Crippen LogP contribution in [-0.4, -0.2) is 6.18 Å². The molecular weight excluding hydrogens is 107 g/mol. The van der Waals surface area contributed by atoms with Crippen LogP contribution in [0.1, 0.15) is 0 Å². The summed E-state index contributed by atoms with van der Waals surface area (Å²) < 4.78 is 32.7. The molecule has 7 heavy (non-hydrogen) atoms. The molecule has 0 bridgehead atoms. The van der Waals surface area contributed by atoms with Crippen molar-refractivity contribution in [2.75, 3.05) is 0 Å². The van der Waals surface area contributed by atoms with Crippen LogP contribution >= 0.6 is 0 Å². The van der Waals surface area contributed by atoms with Gasteiger partial charge >= 0.3 is 6.18 Å². The lowest BCUT2D eigenvalue weighted by atomic mass is 10.6. The Morgan fingerprint density at radius 2 is 1.71 bits per heavy atom. The van der Waals surface area contributed by atoms with E-state index in [9.17, 15) is 13.2 Å². The average Bonchev–Trinajstić information content (AvgIpc) is 1.30. The maximum absolute atomic E-state index is 10.9. The molecule has 2 N–H and O–H groups in total. The van der Waals surface area contributed by atoms with Gasteiger partial charge in [-0.25, -0.2) is 0 Å². The van der Waals surface area contributed by atoms with Crippen LogP contribution in [0.4, 0.5) is 13.2 Å². The zero-order valence-electron chi connectivity index (χ0n) is 3.37. The summed E-state index contributed by atoms with van der Waals surface area (Å²) in [6, 6.07) is 0.